The van der Waals surface area contributed by atoms with Crippen LogP contribution in [0.4, 0.5) is 13.2 Å². The SMILES string of the molecule is CC(O)COC(C)COCCC[Si](C)(C)O[Si](C)(C)O[Si](C)(CCC(F)(F)F)O[Si](C)(C)O[Si](C)(C)CCCOCC(C)OCC(C)O. The van der Waals surface area contributed by atoms with Crippen molar-refractivity contribution in [3.8, 4) is 0 Å². The molecule has 0 aromatic heterocycles. The van der Waals surface area contributed by atoms with E-state index < -0.39 is 67.1 Å². The second-order valence-electron chi connectivity index (χ2n) is 15.3. The van der Waals surface area contributed by atoms with Gasteiger partial charge in [0.2, 0.25) is 0 Å². The quantitative estimate of drug-likeness (QED) is 0.0620. The fourth-order valence-electron chi connectivity index (χ4n) is 5.41. The van der Waals surface area contributed by atoms with Crippen molar-refractivity contribution in [3.63, 3.8) is 0 Å². The lowest BCUT2D eigenvalue weighted by atomic mass is 10.4. The summed E-state index contributed by atoms with van der Waals surface area (Å²) in [6, 6.07) is 1.38. The third kappa shape index (κ3) is 27.2. The average molecular weight is 787 g/mol. The van der Waals surface area contributed by atoms with Gasteiger partial charge in [-0.25, -0.2) is 0 Å². The molecular formula is C30H69F3O10Si5. The summed E-state index contributed by atoms with van der Waals surface area (Å²) >= 11 is 0. The molecule has 0 spiro atoms. The van der Waals surface area contributed by atoms with Crippen molar-refractivity contribution in [3.05, 3.63) is 0 Å². The summed E-state index contributed by atoms with van der Waals surface area (Å²) in [5.74, 6) is 0. The molecule has 4 atom stereocenters. The van der Waals surface area contributed by atoms with Crippen molar-refractivity contribution in [2.75, 3.05) is 39.6 Å². The van der Waals surface area contributed by atoms with E-state index in [0.29, 0.717) is 26.4 Å². The molecule has 0 radical (unpaired) electrons. The van der Waals surface area contributed by atoms with Crippen LogP contribution in [0.25, 0.3) is 0 Å². The highest BCUT2D eigenvalue weighted by Crippen LogP contribution is 2.34. The third-order valence-corrected chi connectivity index (χ3v) is 26.9. The summed E-state index contributed by atoms with van der Waals surface area (Å²) in [5, 5.41) is 18.7. The first kappa shape index (κ1) is 48.5. The number of hydrogen-bond acceptors (Lipinski definition) is 10. The summed E-state index contributed by atoms with van der Waals surface area (Å²) in [5.41, 5.74) is 0. The Balaban J connectivity index is 5.21. The molecule has 290 valence electrons. The average Bonchev–Trinajstić information content (AvgIpc) is 2.86. The van der Waals surface area contributed by atoms with Gasteiger partial charge in [0.15, 0.2) is 16.6 Å². The lowest BCUT2D eigenvalue weighted by Gasteiger charge is -2.44. The zero-order valence-electron chi connectivity index (χ0n) is 32.1. The molecule has 0 aromatic rings. The topological polar surface area (TPSA) is 114 Å². The molecule has 2 N–H and O–H groups in total. The molecule has 0 aliphatic rings. The minimum Gasteiger partial charge on any atom is -0.436 e. The minimum absolute atomic E-state index is 0.124. The van der Waals surface area contributed by atoms with Crippen molar-refractivity contribution < 1.29 is 58.8 Å². The summed E-state index contributed by atoms with van der Waals surface area (Å²) in [6.45, 7) is 27.3. The van der Waals surface area contributed by atoms with Crippen LogP contribution in [0.2, 0.25) is 77.1 Å². The van der Waals surface area contributed by atoms with E-state index in [4.69, 9.17) is 35.4 Å². The zero-order valence-corrected chi connectivity index (χ0v) is 37.1. The van der Waals surface area contributed by atoms with Crippen LogP contribution in [0, 0.1) is 0 Å². The second kappa shape index (κ2) is 21.9. The maximum atomic E-state index is 13.5. The van der Waals surface area contributed by atoms with Crippen LogP contribution in [0.3, 0.4) is 0 Å². The lowest BCUT2D eigenvalue weighted by Crippen LogP contribution is -2.60. The number of aliphatic hydroxyl groups excluding tert-OH is 2. The predicted molar refractivity (Wildman–Crippen MR) is 196 cm³/mol. The number of ether oxygens (including phenoxy) is 4. The summed E-state index contributed by atoms with van der Waals surface area (Å²) < 4.78 is 89.5. The molecule has 0 saturated carbocycles. The Labute approximate surface area is 294 Å². The van der Waals surface area contributed by atoms with Crippen LogP contribution in [0.5, 0.6) is 0 Å². The van der Waals surface area contributed by atoms with E-state index in [-0.39, 0.29) is 31.5 Å². The fourth-order valence-corrected chi connectivity index (χ4v) is 30.4. The van der Waals surface area contributed by atoms with E-state index in [0.717, 1.165) is 24.9 Å². The van der Waals surface area contributed by atoms with Gasteiger partial charge in [-0.3, -0.25) is 0 Å². The fraction of sp³-hybridized carbons (Fsp3) is 1.00. The van der Waals surface area contributed by atoms with E-state index in [9.17, 15) is 23.4 Å². The first-order valence-electron chi connectivity index (χ1n) is 17.3. The second-order valence-corrected chi connectivity index (χ2v) is 35.0. The van der Waals surface area contributed by atoms with Gasteiger partial charge in [-0.1, -0.05) is 0 Å². The largest absolute Gasteiger partial charge is 0.436 e. The molecule has 4 unspecified atom stereocenters. The van der Waals surface area contributed by atoms with Gasteiger partial charge in [-0.15, -0.1) is 0 Å². The minimum atomic E-state index is -4.33. The van der Waals surface area contributed by atoms with Crippen molar-refractivity contribution in [2.24, 2.45) is 0 Å². The molecule has 0 bridgehead atoms. The Morgan fingerprint density at radius 2 is 0.896 bits per heavy atom. The monoisotopic (exact) mass is 786 g/mol. The first-order chi connectivity index (χ1) is 21.7. The van der Waals surface area contributed by atoms with E-state index >= 15 is 0 Å². The highest BCUT2D eigenvalue weighted by atomic mass is 28.5. The number of halogens is 3. The highest BCUT2D eigenvalue weighted by Gasteiger charge is 2.49. The van der Waals surface area contributed by atoms with Gasteiger partial charge in [0.25, 0.3) is 0 Å². The molecule has 48 heavy (non-hydrogen) atoms. The molecule has 0 amide bonds. The van der Waals surface area contributed by atoms with Gasteiger partial charge < -0.3 is 45.6 Å². The Hall–Kier alpha value is 0.474. The summed E-state index contributed by atoms with van der Waals surface area (Å²) in [7, 11) is -13.7. The summed E-state index contributed by atoms with van der Waals surface area (Å²) in [4.78, 5) is 0. The smallest absolute Gasteiger partial charge is 0.389 e. The molecule has 0 aromatic carbocycles. The number of hydrogen-bond donors (Lipinski definition) is 2. The van der Waals surface area contributed by atoms with Crippen molar-refractivity contribution >= 4 is 42.3 Å². The van der Waals surface area contributed by atoms with Gasteiger partial charge in [0.05, 0.1) is 50.8 Å². The van der Waals surface area contributed by atoms with E-state index in [1.54, 1.807) is 20.4 Å². The van der Waals surface area contributed by atoms with Gasteiger partial charge >= 0.3 is 31.9 Å². The van der Waals surface area contributed by atoms with Crippen molar-refractivity contribution in [1.82, 2.24) is 0 Å². The lowest BCUT2D eigenvalue weighted by molar-refractivity contribution is -0.131. The maximum Gasteiger partial charge on any atom is 0.389 e. The van der Waals surface area contributed by atoms with Crippen molar-refractivity contribution in [1.29, 1.82) is 0 Å². The van der Waals surface area contributed by atoms with Crippen LogP contribution in [-0.2, 0) is 35.4 Å². The molecule has 0 aliphatic heterocycles. The van der Waals surface area contributed by atoms with Crippen LogP contribution in [0.1, 0.15) is 47.0 Å². The van der Waals surface area contributed by atoms with Crippen LogP contribution >= 0.6 is 0 Å². The molecule has 0 saturated heterocycles. The van der Waals surface area contributed by atoms with E-state index in [1.807, 2.05) is 40.0 Å². The van der Waals surface area contributed by atoms with Gasteiger partial charge in [-0.2, -0.15) is 13.2 Å². The normalized spacial score (nSPS) is 17.6. The Morgan fingerprint density at radius 3 is 1.21 bits per heavy atom. The molecular weight excluding hydrogens is 718 g/mol. The van der Waals surface area contributed by atoms with E-state index in [1.165, 1.54) is 0 Å². The van der Waals surface area contributed by atoms with E-state index in [2.05, 4.69) is 26.2 Å². The number of aliphatic hydroxyl groups is 2. The third-order valence-electron chi connectivity index (χ3n) is 6.91. The van der Waals surface area contributed by atoms with Crippen molar-refractivity contribution in [2.45, 2.75) is 155 Å². The first-order valence-corrected chi connectivity index (χ1v) is 31.7. The van der Waals surface area contributed by atoms with Crippen LogP contribution < -0.4 is 0 Å². The number of alkyl halides is 3. The van der Waals surface area contributed by atoms with Gasteiger partial charge in [0.1, 0.15) is 0 Å². The molecule has 18 heteroatoms. The Bertz CT molecular complexity index is 812. The number of rotatable bonds is 28. The Kier molecular flexibility index (Phi) is 22.1. The maximum absolute atomic E-state index is 13.5. The Morgan fingerprint density at radius 1 is 0.542 bits per heavy atom. The molecule has 0 heterocycles. The predicted octanol–water partition coefficient (Wildman–Crippen LogP) is 7.28. The van der Waals surface area contributed by atoms with Crippen LogP contribution in [0.15, 0.2) is 0 Å². The molecule has 0 fully saturated rings. The molecule has 0 aliphatic carbocycles. The van der Waals surface area contributed by atoms with Gasteiger partial charge in [0, 0.05) is 19.6 Å². The molecule has 0 rings (SSSR count). The molecule has 10 nitrogen and oxygen atoms in total. The van der Waals surface area contributed by atoms with Gasteiger partial charge in [-0.05, 0) is 118 Å². The zero-order chi connectivity index (χ0) is 37.5. The standard InChI is InChI=1S/C30H69F3O10Si5/c1-26(34)22-38-28(3)24-36-17-14-19-44(5,6)40-46(9,10)42-48(13,21-16-30(31,32)33)43-47(11,12)41-45(7,8)20-15-18-37-25-29(4)39-23-27(2)35/h26-29,34-35H,14-25H2,1-13H3. The summed E-state index contributed by atoms with van der Waals surface area (Å²) in [6.07, 6.45) is -5.06. The van der Waals surface area contributed by atoms with Crippen LogP contribution in [-0.4, -0.2) is 123 Å². The highest BCUT2D eigenvalue weighted by molar-refractivity contribution is 6.90.